The van der Waals surface area contributed by atoms with Gasteiger partial charge < -0.3 is 14.8 Å². The minimum Gasteiger partial charge on any atom is -0.496 e. The van der Waals surface area contributed by atoms with E-state index in [2.05, 4.69) is 18.3 Å². The standard InChI is InChI=1S/C22H29NO3/c1-5-20(26-19-13-12-16(2)17(3)15-19)22(24)23-14-8-10-18-9-6-7-11-21(18)25-4/h6-7,9,11-13,15,20H,5,8,10,14H2,1-4H3,(H,23,24)/t20-/m1/s1. The smallest absolute Gasteiger partial charge is 0.261 e. The van der Waals surface area contributed by atoms with Crippen LogP contribution in [0, 0.1) is 13.8 Å². The van der Waals surface area contributed by atoms with Gasteiger partial charge in [-0.2, -0.15) is 0 Å². The number of amides is 1. The van der Waals surface area contributed by atoms with Crippen LogP contribution in [-0.2, 0) is 11.2 Å². The number of hydrogen-bond donors (Lipinski definition) is 1. The van der Waals surface area contributed by atoms with Crippen LogP contribution in [0.4, 0.5) is 0 Å². The molecule has 0 radical (unpaired) electrons. The summed E-state index contributed by atoms with van der Waals surface area (Å²) in [6, 6.07) is 13.9. The van der Waals surface area contributed by atoms with Crippen LogP contribution in [0.1, 0.15) is 36.5 Å². The Kier molecular flexibility index (Phi) is 7.52. The second kappa shape index (κ2) is 9.85. The minimum atomic E-state index is -0.469. The topological polar surface area (TPSA) is 47.6 Å². The van der Waals surface area contributed by atoms with Gasteiger partial charge in [0.1, 0.15) is 11.5 Å². The van der Waals surface area contributed by atoms with Gasteiger partial charge in [0.05, 0.1) is 7.11 Å². The summed E-state index contributed by atoms with van der Waals surface area (Å²) in [5.74, 6) is 1.57. The fraction of sp³-hybridized carbons (Fsp3) is 0.409. The Hall–Kier alpha value is -2.49. The molecule has 1 amide bonds. The van der Waals surface area contributed by atoms with Crippen molar-refractivity contribution in [3.8, 4) is 11.5 Å². The molecule has 0 saturated carbocycles. The van der Waals surface area contributed by atoms with E-state index in [4.69, 9.17) is 9.47 Å². The maximum Gasteiger partial charge on any atom is 0.261 e. The van der Waals surface area contributed by atoms with E-state index >= 15 is 0 Å². The van der Waals surface area contributed by atoms with E-state index in [-0.39, 0.29) is 5.91 Å². The molecule has 1 N–H and O–H groups in total. The fourth-order valence-corrected chi connectivity index (χ4v) is 2.79. The van der Waals surface area contributed by atoms with Gasteiger partial charge in [-0.3, -0.25) is 4.79 Å². The Bertz CT molecular complexity index is 727. The van der Waals surface area contributed by atoms with Gasteiger partial charge in [0, 0.05) is 6.54 Å². The molecule has 0 bridgehead atoms. The number of ether oxygens (including phenoxy) is 2. The summed E-state index contributed by atoms with van der Waals surface area (Å²) >= 11 is 0. The molecule has 0 aromatic heterocycles. The monoisotopic (exact) mass is 355 g/mol. The van der Waals surface area contributed by atoms with Gasteiger partial charge in [-0.15, -0.1) is 0 Å². The molecule has 0 unspecified atom stereocenters. The fourth-order valence-electron chi connectivity index (χ4n) is 2.79. The number of rotatable bonds is 9. The van der Waals surface area contributed by atoms with Gasteiger partial charge >= 0.3 is 0 Å². The van der Waals surface area contributed by atoms with E-state index in [0.717, 1.165) is 35.5 Å². The summed E-state index contributed by atoms with van der Waals surface area (Å²) in [5, 5.41) is 2.98. The number of carbonyl (C=O) groups is 1. The lowest BCUT2D eigenvalue weighted by molar-refractivity contribution is -0.128. The molecule has 2 rings (SSSR count). The van der Waals surface area contributed by atoms with Crippen molar-refractivity contribution in [1.29, 1.82) is 0 Å². The van der Waals surface area contributed by atoms with Crippen LogP contribution in [0.2, 0.25) is 0 Å². The molecule has 0 aliphatic carbocycles. The number of para-hydroxylation sites is 1. The molecule has 0 heterocycles. The van der Waals surface area contributed by atoms with Crippen molar-refractivity contribution >= 4 is 5.91 Å². The number of carbonyl (C=O) groups excluding carboxylic acids is 1. The third kappa shape index (κ3) is 5.51. The maximum absolute atomic E-state index is 12.4. The molecular weight excluding hydrogens is 326 g/mol. The van der Waals surface area contributed by atoms with Crippen molar-refractivity contribution in [2.45, 2.75) is 46.1 Å². The van der Waals surface area contributed by atoms with Gasteiger partial charge in [0.15, 0.2) is 6.10 Å². The summed E-state index contributed by atoms with van der Waals surface area (Å²) in [6.45, 7) is 6.68. The van der Waals surface area contributed by atoms with E-state index in [1.54, 1.807) is 7.11 Å². The molecule has 2 aromatic rings. The lowest BCUT2D eigenvalue weighted by Gasteiger charge is -2.18. The summed E-state index contributed by atoms with van der Waals surface area (Å²) in [7, 11) is 1.68. The molecule has 2 aromatic carbocycles. The number of nitrogens with one attached hydrogen (secondary N) is 1. The predicted molar refractivity (Wildman–Crippen MR) is 105 cm³/mol. The highest BCUT2D eigenvalue weighted by Crippen LogP contribution is 2.19. The molecule has 26 heavy (non-hydrogen) atoms. The molecule has 0 aliphatic rings. The Balaban J connectivity index is 1.82. The highest BCUT2D eigenvalue weighted by molar-refractivity contribution is 5.81. The molecule has 0 spiro atoms. The van der Waals surface area contributed by atoms with E-state index in [1.807, 2.05) is 50.2 Å². The molecule has 0 saturated heterocycles. The van der Waals surface area contributed by atoms with Crippen molar-refractivity contribution in [3.63, 3.8) is 0 Å². The largest absolute Gasteiger partial charge is 0.496 e. The maximum atomic E-state index is 12.4. The van der Waals surface area contributed by atoms with Crippen LogP contribution in [0.25, 0.3) is 0 Å². The summed E-state index contributed by atoms with van der Waals surface area (Å²) in [5.41, 5.74) is 3.53. The van der Waals surface area contributed by atoms with Crippen molar-refractivity contribution in [1.82, 2.24) is 5.32 Å². The lowest BCUT2D eigenvalue weighted by Crippen LogP contribution is -2.38. The van der Waals surface area contributed by atoms with Crippen LogP contribution in [0.5, 0.6) is 11.5 Å². The number of hydrogen-bond acceptors (Lipinski definition) is 3. The molecule has 0 fully saturated rings. The molecular formula is C22H29NO3. The molecule has 1 atom stereocenters. The van der Waals surface area contributed by atoms with Crippen LogP contribution in [0.3, 0.4) is 0 Å². The predicted octanol–water partition coefficient (Wildman–Crippen LogP) is 4.22. The highest BCUT2D eigenvalue weighted by Gasteiger charge is 2.18. The van der Waals surface area contributed by atoms with Crippen molar-refractivity contribution in [3.05, 3.63) is 59.2 Å². The first kappa shape index (κ1) is 19.8. The molecule has 4 nitrogen and oxygen atoms in total. The van der Waals surface area contributed by atoms with Gasteiger partial charge in [-0.1, -0.05) is 31.2 Å². The van der Waals surface area contributed by atoms with Crippen molar-refractivity contribution in [2.75, 3.05) is 13.7 Å². The number of benzene rings is 2. The molecule has 0 aliphatic heterocycles. The third-order valence-corrected chi connectivity index (χ3v) is 4.53. The normalized spacial score (nSPS) is 11.7. The lowest BCUT2D eigenvalue weighted by atomic mass is 10.1. The second-order valence-corrected chi connectivity index (χ2v) is 6.47. The van der Waals surface area contributed by atoms with Gasteiger partial charge in [-0.05, 0) is 68.0 Å². The average Bonchev–Trinajstić information content (AvgIpc) is 2.66. The van der Waals surface area contributed by atoms with E-state index in [1.165, 1.54) is 5.56 Å². The van der Waals surface area contributed by atoms with Crippen LogP contribution >= 0.6 is 0 Å². The SMILES string of the molecule is CC[C@@H](Oc1ccc(C)c(C)c1)C(=O)NCCCc1ccccc1OC. The summed E-state index contributed by atoms with van der Waals surface area (Å²) < 4.78 is 11.2. The summed E-state index contributed by atoms with van der Waals surface area (Å²) in [4.78, 5) is 12.4. The Morgan fingerprint density at radius 3 is 2.58 bits per heavy atom. The van der Waals surface area contributed by atoms with Crippen molar-refractivity contribution < 1.29 is 14.3 Å². The number of methoxy groups -OCH3 is 1. The third-order valence-electron chi connectivity index (χ3n) is 4.53. The van der Waals surface area contributed by atoms with Crippen LogP contribution in [0.15, 0.2) is 42.5 Å². The molecule has 4 heteroatoms. The highest BCUT2D eigenvalue weighted by atomic mass is 16.5. The second-order valence-electron chi connectivity index (χ2n) is 6.47. The van der Waals surface area contributed by atoms with Crippen LogP contribution < -0.4 is 14.8 Å². The van der Waals surface area contributed by atoms with Gasteiger partial charge in [-0.25, -0.2) is 0 Å². The van der Waals surface area contributed by atoms with Crippen molar-refractivity contribution in [2.24, 2.45) is 0 Å². The van der Waals surface area contributed by atoms with E-state index in [0.29, 0.717) is 13.0 Å². The zero-order valence-corrected chi connectivity index (χ0v) is 16.2. The summed E-state index contributed by atoms with van der Waals surface area (Å²) in [6.07, 6.45) is 1.87. The average molecular weight is 355 g/mol. The van der Waals surface area contributed by atoms with E-state index in [9.17, 15) is 4.79 Å². The van der Waals surface area contributed by atoms with Gasteiger partial charge in [0.2, 0.25) is 0 Å². The zero-order valence-electron chi connectivity index (χ0n) is 16.2. The first-order chi connectivity index (χ1) is 12.5. The minimum absolute atomic E-state index is 0.0641. The van der Waals surface area contributed by atoms with E-state index < -0.39 is 6.10 Å². The zero-order chi connectivity index (χ0) is 18.9. The Morgan fingerprint density at radius 2 is 1.88 bits per heavy atom. The van der Waals surface area contributed by atoms with Crippen LogP contribution in [-0.4, -0.2) is 25.7 Å². The Morgan fingerprint density at radius 1 is 1.12 bits per heavy atom. The van der Waals surface area contributed by atoms with Gasteiger partial charge in [0.25, 0.3) is 5.91 Å². The first-order valence-corrected chi connectivity index (χ1v) is 9.18. The Labute approximate surface area is 156 Å². The molecule has 140 valence electrons. The quantitative estimate of drug-likeness (QED) is 0.685. The number of aryl methyl sites for hydroxylation is 3. The first-order valence-electron chi connectivity index (χ1n) is 9.18.